The van der Waals surface area contributed by atoms with Crippen LogP contribution in [0.5, 0.6) is 0 Å². The summed E-state index contributed by atoms with van der Waals surface area (Å²) in [5.41, 5.74) is 6.88. The Bertz CT molecular complexity index is 411. The molecule has 2 rings (SSSR count). The Morgan fingerprint density at radius 3 is 2.42 bits per heavy atom. The SMILES string of the molecule is C[C@@H](O)C1CCN(C(=O)[C@H](N)c2ccccc2)CC1. The lowest BCUT2D eigenvalue weighted by molar-refractivity contribution is -0.134. The molecule has 0 saturated carbocycles. The van der Waals surface area contributed by atoms with Crippen molar-refractivity contribution >= 4 is 5.91 Å². The lowest BCUT2D eigenvalue weighted by Gasteiger charge is -2.34. The normalized spacial score (nSPS) is 20.1. The number of nitrogens with two attached hydrogens (primary N) is 1. The molecule has 0 radical (unpaired) electrons. The standard InChI is InChI=1S/C15H22N2O2/c1-11(18)12-7-9-17(10-8-12)15(19)14(16)13-5-3-2-4-6-13/h2-6,11-12,14,18H,7-10,16H2,1H3/t11-,14-/m1/s1. The molecule has 0 unspecified atom stereocenters. The zero-order valence-electron chi connectivity index (χ0n) is 11.3. The average Bonchev–Trinajstić information content (AvgIpc) is 2.46. The van der Waals surface area contributed by atoms with Crippen LogP contribution in [0.1, 0.15) is 31.4 Å². The van der Waals surface area contributed by atoms with Crippen LogP contribution in [0.15, 0.2) is 30.3 Å². The van der Waals surface area contributed by atoms with Crippen molar-refractivity contribution in [3.8, 4) is 0 Å². The van der Waals surface area contributed by atoms with E-state index in [4.69, 9.17) is 5.73 Å². The van der Waals surface area contributed by atoms with Crippen LogP contribution in [-0.4, -0.2) is 35.1 Å². The third-order valence-corrected chi connectivity index (χ3v) is 3.96. The van der Waals surface area contributed by atoms with E-state index < -0.39 is 6.04 Å². The van der Waals surface area contributed by atoms with Crippen molar-refractivity contribution in [1.82, 2.24) is 4.90 Å². The van der Waals surface area contributed by atoms with Crippen LogP contribution in [0, 0.1) is 5.92 Å². The summed E-state index contributed by atoms with van der Waals surface area (Å²) in [4.78, 5) is 14.1. The number of carbonyl (C=O) groups excluding carboxylic acids is 1. The number of amides is 1. The number of piperidine rings is 1. The van der Waals surface area contributed by atoms with Gasteiger partial charge in [-0.05, 0) is 31.2 Å². The second-order valence-corrected chi connectivity index (χ2v) is 5.29. The predicted molar refractivity (Wildman–Crippen MR) is 74.4 cm³/mol. The van der Waals surface area contributed by atoms with E-state index in [1.807, 2.05) is 42.2 Å². The molecule has 4 nitrogen and oxygen atoms in total. The van der Waals surface area contributed by atoms with Crippen molar-refractivity contribution in [3.05, 3.63) is 35.9 Å². The smallest absolute Gasteiger partial charge is 0.244 e. The van der Waals surface area contributed by atoms with Crippen LogP contribution in [0.3, 0.4) is 0 Å². The lowest BCUT2D eigenvalue weighted by Crippen LogP contribution is -2.44. The molecule has 3 N–H and O–H groups in total. The van der Waals surface area contributed by atoms with Crippen LogP contribution >= 0.6 is 0 Å². The van der Waals surface area contributed by atoms with Gasteiger partial charge in [-0.2, -0.15) is 0 Å². The average molecular weight is 262 g/mol. The number of rotatable bonds is 3. The summed E-state index contributed by atoms with van der Waals surface area (Å²) < 4.78 is 0. The summed E-state index contributed by atoms with van der Waals surface area (Å²) in [6.07, 6.45) is 1.41. The highest BCUT2D eigenvalue weighted by Crippen LogP contribution is 2.22. The molecule has 0 spiro atoms. The van der Waals surface area contributed by atoms with E-state index in [1.165, 1.54) is 0 Å². The Hall–Kier alpha value is -1.39. The molecular formula is C15H22N2O2. The highest BCUT2D eigenvalue weighted by molar-refractivity contribution is 5.83. The van der Waals surface area contributed by atoms with Gasteiger partial charge >= 0.3 is 0 Å². The van der Waals surface area contributed by atoms with Gasteiger partial charge in [0.2, 0.25) is 5.91 Å². The fraction of sp³-hybridized carbons (Fsp3) is 0.533. The van der Waals surface area contributed by atoms with Gasteiger partial charge in [-0.25, -0.2) is 0 Å². The molecule has 2 atom stereocenters. The quantitative estimate of drug-likeness (QED) is 0.863. The largest absolute Gasteiger partial charge is 0.393 e. The zero-order chi connectivity index (χ0) is 13.8. The summed E-state index contributed by atoms with van der Waals surface area (Å²) in [5.74, 6) is 0.284. The van der Waals surface area contributed by atoms with Gasteiger partial charge in [-0.1, -0.05) is 30.3 Å². The number of hydrogen-bond donors (Lipinski definition) is 2. The summed E-state index contributed by atoms with van der Waals surface area (Å²) in [6.45, 7) is 3.20. The third-order valence-electron chi connectivity index (χ3n) is 3.96. The molecule has 1 amide bonds. The molecule has 0 aliphatic carbocycles. The van der Waals surface area contributed by atoms with E-state index in [0.717, 1.165) is 18.4 Å². The second kappa shape index (κ2) is 6.17. The highest BCUT2D eigenvalue weighted by atomic mass is 16.3. The summed E-state index contributed by atoms with van der Waals surface area (Å²) >= 11 is 0. The molecule has 1 fully saturated rings. The van der Waals surface area contributed by atoms with Crippen molar-refractivity contribution in [3.63, 3.8) is 0 Å². The van der Waals surface area contributed by atoms with Gasteiger partial charge in [0.1, 0.15) is 6.04 Å². The van der Waals surface area contributed by atoms with E-state index in [2.05, 4.69) is 0 Å². The monoisotopic (exact) mass is 262 g/mol. The Balaban J connectivity index is 1.94. The van der Waals surface area contributed by atoms with Crippen molar-refractivity contribution < 1.29 is 9.90 Å². The topological polar surface area (TPSA) is 66.6 Å². The number of hydrogen-bond acceptors (Lipinski definition) is 3. The molecule has 1 saturated heterocycles. The van der Waals surface area contributed by atoms with Crippen LogP contribution in [0.4, 0.5) is 0 Å². The number of nitrogens with zero attached hydrogens (tertiary/aromatic N) is 1. The minimum absolute atomic E-state index is 0.0183. The van der Waals surface area contributed by atoms with Crippen LogP contribution in [0.2, 0.25) is 0 Å². The van der Waals surface area contributed by atoms with E-state index in [0.29, 0.717) is 19.0 Å². The highest BCUT2D eigenvalue weighted by Gasteiger charge is 2.28. The first-order valence-corrected chi connectivity index (χ1v) is 6.87. The molecule has 0 bridgehead atoms. The summed E-state index contributed by atoms with van der Waals surface area (Å²) in [6, 6.07) is 8.87. The second-order valence-electron chi connectivity index (χ2n) is 5.29. The first-order chi connectivity index (χ1) is 9.09. The fourth-order valence-corrected chi connectivity index (χ4v) is 2.60. The van der Waals surface area contributed by atoms with Gasteiger partial charge in [0, 0.05) is 13.1 Å². The Kier molecular flexibility index (Phi) is 4.56. The van der Waals surface area contributed by atoms with Crippen molar-refractivity contribution in [1.29, 1.82) is 0 Å². The third kappa shape index (κ3) is 3.33. The van der Waals surface area contributed by atoms with Crippen LogP contribution in [-0.2, 0) is 4.79 Å². The van der Waals surface area contributed by atoms with Gasteiger partial charge in [-0.15, -0.1) is 0 Å². The van der Waals surface area contributed by atoms with Gasteiger partial charge in [0.15, 0.2) is 0 Å². The van der Waals surface area contributed by atoms with Crippen LogP contribution < -0.4 is 5.73 Å². The predicted octanol–water partition coefficient (Wildman–Crippen LogP) is 1.31. The molecule has 0 aromatic heterocycles. The van der Waals surface area contributed by atoms with Crippen molar-refractivity contribution in [2.24, 2.45) is 11.7 Å². The molecule has 1 aromatic rings. The van der Waals surface area contributed by atoms with Gasteiger partial charge in [0.05, 0.1) is 6.10 Å². The molecular weight excluding hydrogens is 240 g/mol. The Labute approximate surface area is 114 Å². The van der Waals surface area contributed by atoms with Crippen molar-refractivity contribution in [2.75, 3.05) is 13.1 Å². The maximum absolute atomic E-state index is 12.3. The van der Waals surface area contributed by atoms with E-state index in [9.17, 15) is 9.90 Å². The molecule has 1 aliphatic heterocycles. The number of benzene rings is 1. The van der Waals surface area contributed by atoms with Gasteiger partial charge < -0.3 is 15.7 Å². The molecule has 104 valence electrons. The zero-order valence-corrected chi connectivity index (χ0v) is 11.3. The molecule has 1 aliphatic rings. The Morgan fingerprint density at radius 2 is 1.89 bits per heavy atom. The first-order valence-electron chi connectivity index (χ1n) is 6.87. The minimum Gasteiger partial charge on any atom is -0.393 e. The molecule has 1 aromatic carbocycles. The number of aliphatic hydroxyl groups excluding tert-OH is 1. The fourth-order valence-electron chi connectivity index (χ4n) is 2.60. The van der Waals surface area contributed by atoms with E-state index in [-0.39, 0.29) is 12.0 Å². The summed E-state index contributed by atoms with van der Waals surface area (Å²) in [7, 11) is 0. The number of likely N-dealkylation sites (tertiary alicyclic amines) is 1. The van der Waals surface area contributed by atoms with E-state index >= 15 is 0 Å². The van der Waals surface area contributed by atoms with Crippen LogP contribution in [0.25, 0.3) is 0 Å². The molecule has 1 heterocycles. The lowest BCUT2D eigenvalue weighted by atomic mass is 9.91. The Morgan fingerprint density at radius 1 is 1.32 bits per heavy atom. The first kappa shape index (κ1) is 14.0. The minimum atomic E-state index is -0.579. The van der Waals surface area contributed by atoms with Crippen molar-refractivity contribution in [2.45, 2.75) is 31.9 Å². The number of aliphatic hydroxyl groups is 1. The maximum Gasteiger partial charge on any atom is 0.244 e. The number of carbonyl (C=O) groups is 1. The van der Waals surface area contributed by atoms with Gasteiger partial charge in [-0.3, -0.25) is 4.79 Å². The van der Waals surface area contributed by atoms with E-state index in [1.54, 1.807) is 0 Å². The molecule has 19 heavy (non-hydrogen) atoms. The van der Waals surface area contributed by atoms with Gasteiger partial charge in [0.25, 0.3) is 0 Å². The summed E-state index contributed by atoms with van der Waals surface area (Å²) in [5, 5.41) is 9.56. The maximum atomic E-state index is 12.3. The molecule has 4 heteroatoms.